The van der Waals surface area contributed by atoms with Crippen LogP contribution in [0, 0.1) is 11.8 Å². The van der Waals surface area contributed by atoms with E-state index in [0.717, 1.165) is 28.3 Å². The SMILES string of the molecule is CC(CN(C)C(=O)OCc1ccc(NC(=O)[C@H](CCCNC(N)=O)CC(=O)[C@@H](NC(=O)CCN2C(=O)C=CC2=O)C(C)C)cc1)OC(=O)O[C@@H]1[C@@H]2OP(O)(=S)OC[C@H]3O[C@@H](n4cnc5c(N)ncnc54)[C@H](OP(O)(=S)OC[C@H]2O[C@H]1n1cnc2c(N)ncnc21)[C@@H]3O. The van der Waals surface area contributed by atoms with E-state index in [1.165, 1.54) is 42.1 Å². The lowest BCUT2D eigenvalue weighted by Crippen LogP contribution is -2.46. The smallest absolute Gasteiger partial charge is 0.445 e. The van der Waals surface area contributed by atoms with Gasteiger partial charge < -0.3 is 85.7 Å². The summed E-state index contributed by atoms with van der Waals surface area (Å²) in [5.41, 5.74) is 18.7. The van der Waals surface area contributed by atoms with Gasteiger partial charge in [0.1, 0.15) is 66.9 Å². The zero-order valence-electron chi connectivity index (χ0n) is 49.5. The molecule has 0 spiro atoms. The topological polar surface area (TPSA) is 488 Å². The van der Waals surface area contributed by atoms with Crippen LogP contribution in [0.15, 0.2) is 61.7 Å². The summed E-state index contributed by atoms with van der Waals surface area (Å²) in [6, 6.07) is 4.45. The van der Waals surface area contributed by atoms with Crippen LogP contribution in [0.1, 0.15) is 64.5 Å². The molecule has 4 aliphatic rings. The highest BCUT2D eigenvalue weighted by Gasteiger charge is 2.55. The summed E-state index contributed by atoms with van der Waals surface area (Å²) in [6.07, 6.45) is -8.29. The van der Waals surface area contributed by atoms with Gasteiger partial charge in [0.2, 0.25) is 11.8 Å². The van der Waals surface area contributed by atoms with Crippen LogP contribution in [0.3, 0.4) is 0 Å². The lowest BCUT2D eigenvalue weighted by Gasteiger charge is -2.29. The van der Waals surface area contributed by atoms with Gasteiger partial charge in [-0.15, -0.1) is 0 Å². The number of nitrogens with two attached hydrogens (primary N) is 3. The summed E-state index contributed by atoms with van der Waals surface area (Å²) in [5.74, 6) is -3.99. The van der Waals surface area contributed by atoms with Crippen LogP contribution >= 0.6 is 13.4 Å². The number of carbonyl (C=O) groups excluding carboxylic acids is 8. The molecule has 3 saturated heterocycles. The molecule has 12 N–H and O–H groups in total. The van der Waals surface area contributed by atoms with Gasteiger partial charge in [0, 0.05) is 56.7 Å². The molecule has 7 amide bonds. The van der Waals surface area contributed by atoms with Crippen LogP contribution in [0.2, 0.25) is 0 Å². The molecule has 2 bridgehead atoms. The monoisotopic (exact) mass is 1360 g/mol. The number of primary amides is 1. The number of fused-ring (bicyclic) bond motifs is 5. The Morgan fingerprint density at radius 2 is 1.41 bits per heavy atom. The molecule has 13 atom stereocenters. The number of aliphatic hydroxyl groups is 1. The lowest BCUT2D eigenvalue weighted by molar-refractivity contribution is -0.137. The van der Waals surface area contributed by atoms with Crippen LogP contribution in [0.4, 0.5) is 31.7 Å². The van der Waals surface area contributed by atoms with Gasteiger partial charge in [-0.1, -0.05) is 26.0 Å². The minimum atomic E-state index is -4.50. The number of likely N-dealkylation sites (N-methyl/N-ethyl adjacent to an activating group) is 1. The molecule has 0 aliphatic carbocycles. The quantitative estimate of drug-likeness (QED) is 0.0201. The predicted octanol–water partition coefficient (Wildman–Crippen LogP) is 0.834. The Kier molecular flexibility index (Phi) is 21.9. The van der Waals surface area contributed by atoms with Crippen molar-refractivity contribution in [2.75, 3.05) is 56.7 Å². The summed E-state index contributed by atoms with van der Waals surface area (Å²) in [6.45, 7) is -5.98. The molecule has 0 radical (unpaired) electrons. The fourth-order valence-corrected chi connectivity index (χ4v) is 13.2. The number of nitrogens with one attached hydrogen (secondary N) is 3. The van der Waals surface area contributed by atoms with Gasteiger partial charge in [0.25, 0.3) is 11.8 Å². The van der Waals surface area contributed by atoms with E-state index < -0.39 is 147 Å². The highest BCUT2D eigenvalue weighted by molar-refractivity contribution is 8.07. The number of aliphatic hydroxyl groups excluding tert-OH is 1. The minimum absolute atomic E-state index is 0.0207. The van der Waals surface area contributed by atoms with Crippen molar-refractivity contribution in [1.29, 1.82) is 0 Å². The van der Waals surface area contributed by atoms with Crippen molar-refractivity contribution < 1.29 is 95.0 Å². The molecule has 5 aromatic rings. The summed E-state index contributed by atoms with van der Waals surface area (Å²) >= 11 is 10.9. The first-order valence-electron chi connectivity index (χ1n) is 28.4. The van der Waals surface area contributed by atoms with Gasteiger partial charge in [-0.2, -0.15) is 0 Å². The standard InChI is InChI=1S/C52H66N16O20P2S2/c1-25(2)36(64-33(70)13-15-66-34(71)11-12-35(66)72)30(69)16-28(6-5-14-56-50(55)75)47(74)63-29-9-7-27(8-10-29)18-80-51(76)65(4)17-26(3)83-52(77)86-42-40-32(85-49(42)68-24-62-38-44(54)58-22-60-46(38)68)20-82-90(79,92)88-41-39(73)31(19-81-89(78,91)87-40)84-48(41)67-23-61-37-43(53)57-21-59-45(37)67/h7-12,21-26,28,31-32,36,39-42,48-49,73H,5-6,13-20H2,1-4H3,(H,63,74)(H,64,70)(H,78,91)(H,79,92)(H2,53,57,59)(H2,54,58,60)(H3,55,56,75)/t26?,28-,31-,32-,36+,39-,40-,41-,42-,48-,49-,89?,90?/m1/s1. The van der Waals surface area contributed by atoms with Crippen molar-refractivity contribution in [1.82, 2.24) is 59.5 Å². The van der Waals surface area contributed by atoms with E-state index in [2.05, 4.69) is 45.9 Å². The number of amides is 7. The van der Waals surface area contributed by atoms with E-state index in [4.69, 9.17) is 82.6 Å². The van der Waals surface area contributed by atoms with Gasteiger partial charge in [0.05, 0.1) is 38.5 Å². The number of anilines is 3. The fourth-order valence-electron chi connectivity index (χ4n) is 10.3. The number of benzene rings is 1. The highest BCUT2D eigenvalue weighted by atomic mass is 32.5. The molecule has 3 fully saturated rings. The number of carbonyl (C=O) groups is 8. The summed E-state index contributed by atoms with van der Waals surface area (Å²) < 4.78 is 55.8. The molecule has 0 saturated carbocycles. The molecule has 8 heterocycles. The van der Waals surface area contributed by atoms with E-state index in [1.54, 1.807) is 38.1 Å². The van der Waals surface area contributed by atoms with Crippen molar-refractivity contribution in [3.05, 3.63) is 67.3 Å². The van der Waals surface area contributed by atoms with Gasteiger partial charge in [-0.25, -0.2) is 44.3 Å². The number of nitrogens with zero attached hydrogens (tertiary/aromatic N) is 10. The van der Waals surface area contributed by atoms with E-state index in [9.17, 15) is 53.2 Å². The molecule has 496 valence electrons. The normalized spacial score (nSPS) is 25.8. The van der Waals surface area contributed by atoms with E-state index in [0.29, 0.717) is 11.3 Å². The Labute approximate surface area is 532 Å². The molecule has 9 rings (SSSR count). The van der Waals surface area contributed by atoms with Crippen molar-refractivity contribution in [2.24, 2.45) is 17.6 Å². The Balaban J connectivity index is 0.812. The Bertz CT molecular complexity index is 3720. The molecule has 3 unspecified atom stereocenters. The zero-order chi connectivity index (χ0) is 66.3. The van der Waals surface area contributed by atoms with Crippen molar-refractivity contribution in [3.8, 4) is 0 Å². The minimum Gasteiger partial charge on any atom is -0.445 e. The number of Topliss-reactive ketones (excluding diaryl/α,β-unsaturated/α-hetero) is 1. The summed E-state index contributed by atoms with van der Waals surface area (Å²) in [5, 5.41) is 19.4. The maximum atomic E-state index is 13.9. The predicted molar refractivity (Wildman–Crippen MR) is 324 cm³/mol. The maximum absolute atomic E-state index is 13.9. The van der Waals surface area contributed by atoms with Crippen molar-refractivity contribution in [3.63, 3.8) is 0 Å². The van der Waals surface area contributed by atoms with Crippen molar-refractivity contribution in [2.45, 2.75) is 114 Å². The van der Waals surface area contributed by atoms with Crippen LogP contribution in [0.25, 0.3) is 22.3 Å². The highest BCUT2D eigenvalue weighted by Crippen LogP contribution is 2.54. The Hall–Kier alpha value is -7.84. The number of nitrogen functional groups attached to an aromatic ring is 2. The molecule has 40 heteroatoms. The van der Waals surface area contributed by atoms with Gasteiger partial charge >= 0.3 is 31.7 Å². The van der Waals surface area contributed by atoms with Crippen LogP contribution in [-0.2, 0) is 96.0 Å². The number of hydrogen-bond donors (Lipinski definition) is 9. The molecular weight excluding hydrogens is 1290 g/mol. The molecule has 4 aliphatic heterocycles. The van der Waals surface area contributed by atoms with Crippen LogP contribution < -0.4 is 33.2 Å². The second-order valence-corrected chi connectivity index (χ2v) is 27.4. The Morgan fingerprint density at radius 1 is 0.826 bits per heavy atom. The second kappa shape index (κ2) is 29.4. The second-order valence-electron chi connectivity index (χ2n) is 21.8. The van der Waals surface area contributed by atoms with E-state index >= 15 is 0 Å². The Morgan fingerprint density at radius 3 is 2.02 bits per heavy atom. The number of rotatable bonds is 22. The molecule has 36 nitrogen and oxygen atoms in total. The van der Waals surface area contributed by atoms with Crippen molar-refractivity contribution >= 4 is 124 Å². The number of urea groups is 1. The number of imide groups is 1. The molecular formula is C52H66N16O20P2S2. The van der Waals surface area contributed by atoms with Crippen LogP contribution in [0.5, 0.6) is 0 Å². The number of imidazole rings is 2. The lowest BCUT2D eigenvalue weighted by atomic mass is 9.89. The third kappa shape index (κ3) is 16.7. The van der Waals surface area contributed by atoms with Gasteiger partial charge in [0.15, 0.2) is 47.3 Å². The first-order valence-corrected chi connectivity index (χ1v) is 33.5. The van der Waals surface area contributed by atoms with Gasteiger partial charge in [-0.3, -0.25) is 47.1 Å². The molecule has 1 aromatic carbocycles. The number of hydrogen-bond acceptors (Lipinski definition) is 28. The largest absolute Gasteiger partial charge is 0.509 e. The number of ether oxygens (including phenoxy) is 5. The maximum Gasteiger partial charge on any atom is 0.509 e. The number of aromatic nitrogens is 8. The zero-order valence-corrected chi connectivity index (χ0v) is 52.9. The average Bonchev–Trinajstić information content (AvgIpc) is 1.61. The van der Waals surface area contributed by atoms with Gasteiger partial charge in [-0.05, 0) is 67.0 Å². The average molecular weight is 1360 g/mol. The summed E-state index contributed by atoms with van der Waals surface area (Å²) in [4.78, 5) is 153. The molecule has 92 heavy (non-hydrogen) atoms. The first-order chi connectivity index (χ1) is 43.6. The first kappa shape index (κ1) is 68.5. The third-order valence-electron chi connectivity index (χ3n) is 14.8. The van der Waals surface area contributed by atoms with E-state index in [1.807, 2.05) is 0 Å². The summed E-state index contributed by atoms with van der Waals surface area (Å²) in [7, 11) is 1.38. The molecule has 4 aromatic heterocycles. The van der Waals surface area contributed by atoms with E-state index in [-0.39, 0.29) is 85.9 Å². The third-order valence-corrected chi connectivity index (χ3v) is 17.9. The fraction of sp³-hybridized carbons (Fsp3) is 0.500. The van der Waals surface area contributed by atoms with Crippen LogP contribution in [-0.4, -0.2) is 200 Å². The number of ketones is 1.